The third-order valence-electron chi connectivity index (χ3n) is 4.63. The molecule has 35 heavy (non-hydrogen) atoms. The van der Waals surface area contributed by atoms with Crippen molar-refractivity contribution >= 4 is 35.0 Å². The highest BCUT2D eigenvalue weighted by Gasteiger charge is 2.14. The van der Waals surface area contributed by atoms with Gasteiger partial charge >= 0.3 is 0 Å². The first-order valence-electron chi connectivity index (χ1n) is 10.2. The number of carbonyl (C=O) groups excluding carboxylic acids is 2. The molecule has 0 spiro atoms. The fourth-order valence-electron chi connectivity index (χ4n) is 2.95. The van der Waals surface area contributed by atoms with Crippen LogP contribution in [0.25, 0.3) is 6.08 Å². The van der Waals surface area contributed by atoms with E-state index in [1.54, 1.807) is 55.6 Å². The van der Waals surface area contributed by atoms with Crippen molar-refractivity contribution < 1.29 is 24.0 Å². The number of rotatable bonds is 9. The van der Waals surface area contributed by atoms with Crippen LogP contribution in [0.1, 0.15) is 5.56 Å². The summed E-state index contributed by atoms with van der Waals surface area (Å²) in [6, 6.07) is 20.5. The summed E-state index contributed by atoms with van der Waals surface area (Å²) in [5.74, 6) is -0.214. The molecule has 2 amide bonds. The minimum absolute atomic E-state index is 0.171. The summed E-state index contributed by atoms with van der Waals surface area (Å²) < 4.78 is 10.7. The lowest BCUT2D eigenvalue weighted by atomic mass is 10.1. The number of nitrogens with zero attached hydrogens (tertiary/aromatic N) is 2. The highest BCUT2D eigenvalue weighted by Crippen LogP contribution is 2.23. The fraction of sp³-hybridized carbons (Fsp3) is 0.0800. The SMILES string of the molecule is COc1ccc(NC(=O)COc2ccccc2C=C(C#N)C(=O)Nc2cccc([N+](=O)[O-])c2)cc1. The molecule has 2 N–H and O–H groups in total. The van der Waals surface area contributed by atoms with Crippen LogP contribution in [0.5, 0.6) is 11.5 Å². The zero-order valence-corrected chi connectivity index (χ0v) is 18.6. The van der Waals surface area contributed by atoms with Crippen LogP contribution in [-0.2, 0) is 9.59 Å². The van der Waals surface area contributed by atoms with Gasteiger partial charge in [0.2, 0.25) is 0 Å². The van der Waals surface area contributed by atoms with Crippen LogP contribution in [-0.4, -0.2) is 30.5 Å². The van der Waals surface area contributed by atoms with Crippen molar-refractivity contribution in [1.82, 2.24) is 0 Å². The number of non-ortho nitro benzene ring substituents is 1. The summed E-state index contributed by atoms with van der Waals surface area (Å²) in [5.41, 5.74) is 0.685. The number of hydrogen-bond donors (Lipinski definition) is 2. The highest BCUT2D eigenvalue weighted by atomic mass is 16.6. The maximum atomic E-state index is 12.6. The zero-order chi connectivity index (χ0) is 25.2. The molecule has 0 atom stereocenters. The second kappa shape index (κ2) is 11.6. The van der Waals surface area contributed by atoms with E-state index in [4.69, 9.17) is 9.47 Å². The fourth-order valence-corrected chi connectivity index (χ4v) is 2.95. The van der Waals surface area contributed by atoms with E-state index in [-0.39, 0.29) is 29.3 Å². The van der Waals surface area contributed by atoms with Crippen LogP contribution < -0.4 is 20.1 Å². The average molecular weight is 472 g/mol. The van der Waals surface area contributed by atoms with Crippen LogP contribution in [0, 0.1) is 21.4 Å². The number of ether oxygens (including phenoxy) is 2. The molecule has 3 aromatic rings. The van der Waals surface area contributed by atoms with E-state index >= 15 is 0 Å². The Hall–Kier alpha value is -5.17. The van der Waals surface area contributed by atoms with Gasteiger partial charge in [-0.1, -0.05) is 24.3 Å². The van der Waals surface area contributed by atoms with Gasteiger partial charge < -0.3 is 20.1 Å². The van der Waals surface area contributed by atoms with Crippen LogP contribution in [0.15, 0.2) is 78.4 Å². The number of amides is 2. The van der Waals surface area contributed by atoms with Gasteiger partial charge in [0.1, 0.15) is 23.1 Å². The molecule has 0 bridgehead atoms. The lowest BCUT2D eigenvalue weighted by molar-refractivity contribution is -0.384. The first-order valence-corrected chi connectivity index (χ1v) is 10.2. The summed E-state index contributed by atoms with van der Waals surface area (Å²) in [7, 11) is 1.54. The molecule has 3 aromatic carbocycles. The number of nitrogens with one attached hydrogen (secondary N) is 2. The van der Waals surface area contributed by atoms with Gasteiger partial charge in [0.05, 0.1) is 12.0 Å². The van der Waals surface area contributed by atoms with E-state index in [0.717, 1.165) is 0 Å². The molecule has 0 saturated heterocycles. The third-order valence-corrected chi connectivity index (χ3v) is 4.63. The van der Waals surface area contributed by atoms with E-state index in [0.29, 0.717) is 17.0 Å². The minimum atomic E-state index is -0.750. The van der Waals surface area contributed by atoms with Gasteiger partial charge in [-0.2, -0.15) is 5.26 Å². The van der Waals surface area contributed by atoms with E-state index in [2.05, 4.69) is 10.6 Å². The van der Waals surface area contributed by atoms with Gasteiger partial charge in [0.25, 0.3) is 17.5 Å². The lowest BCUT2D eigenvalue weighted by Gasteiger charge is -2.11. The summed E-state index contributed by atoms with van der Waals surface area (Å²) in [5, 5.41) is 25.6. The Morgan fingerprint density at radius 2 is 1.77 bits per heavy atom. The first kappa shape index (κ1) is 24.5. The van der Waals surface area contributed by atoms with Gasteiger partial charge in [-0.05, 0) is 42.5 Å². The number of nitro groups is 1. The second-order valence-corrected chi connectivity index (χ2v) is 7.03. The Kier molecular flexibility index (Phi) is 8.13. The molecule has 0 heterocycles. The number of anilines is 2. The normalized spacial score (nSPS) is 10.6. The predicted molar refractivity (Wildman–Crippen MR) is 129 cm³/mol. The van der Waals surface area contributed by atoms with Crippen molar-refractivity contribution in [3.63, 3.8) is 0 Å². The van der Waals surface area contributed by atoms with E-state index in [1.165, 1.54) is 30.3 Å². The molecule has 0 fully saturated rings. The molecular weight excluding hydrogens is 452 g/mol. The third kappa shape index (κ3) is 6.90. The number of nitro benzene ring substituents is 1. The minimum Gasteiger partial charge on any atom is -0.497 e. The van der Waals surface area contributed by atoms with Crippen molar-refractivity contribution in [2.75, 3.05) is 24.4 Å². The van der Waals surface area contributed by atoms with E-state index in [1.807, 2.05) is 6.07 Å². The van der Waals surface area contributed by atoms with Gasteiger partial charge in [0.15, 0.2) is 6.61 Å². The monoisotopic (exact) mass is 472 g/mol. The number of benzene rings is 3. The molecule has 0 saturated carbocycles. The lowest BCUT2D eigenvalue weighted by Crippen LogP contribution is -2.20. The molecule has 10 nitrogen and oxygen atoms in total. The van der Waals surface area contributed by atoms with Gasteiger partial charge in [-0.15, -0.1) is 0 Å². The molecule has 0 aliphatic rings. The van der Waals surface area contributed by atoms with Gasteiger partial charge in [-0.25, -0.2) is 0 Å². The number of carbonyl (C=O) groups is 2. The Morgan fingerprint density at radius 1 is 1.03 bits per heavy atom. The first-order chi connectivity index (χ1) is 16.9. The number of methoxy groups -OCH3 is 1. The smallest absolute Gasteiger partial charge is 0.271 e. The Bertz CT molecular complexity index is 1310. The zero-order valence-electron chi connectivity index (χ0n) is 18.6. The molecule has 0 aromatic heterocycles. The summed E-state index contributed by atoms with van der Waals surface area (Å²) in [6.45, 7) is -0.307. The van der Waals surface area contributed by atoms with Crippen molar-refractivity contribution in [3.05, 3.63) is 94.0 Å². The van der Waals surface area contributed by atoms with Crippen LogP contribution in [0.4, 0.5) is 17.1 Å². The molecule has 0 unspecified atom stereocenters. The number of hydrogen-bond acceptors (Lipinski definition) is 7. The Labute approximate surface area is 200 Å². The van der Waals surface area contributed by atoms with Crippen molar-refractivity contribution in [2.45, 2.75) is 0 Å². The summed E-state index contributed by atoms with van der Waals surface area (Å²) in [6.07, 6.45) is 1.31. The van der Waals surface area contributed by atoms with E-state index < -0.39 is 16.7 Å². The second-order valence-electron chi connectivity index (χ2n) is 7.03. The quantitative estimate of drug-likeness (QED) is 0.206. The number of nitriles is 1. The van der Waals surface area contributed by atoms with Crippen LogP contribution >= 0.6 is 0 Å². The molecule has 0 aliphatic heterocycles. The van der Waals surface area contributed by atoms with Gasteiger partial charge in [0, 0.05) is 29.1 Å². The largest absolute Gasteiger partial charge is 0.497 e. The standard InChI is InChI=1S/C25H20N4O6/c1-34-22-11-9-19(10-12-22)27-24(30)16-35-23-8-3-2-5-17(23)13-18(15-26)25(31)28-20-6-4-7-21(14-20)29(32)33/h2-14H,16H2,1H3,(H,27,30)(H,28,31). The van der Waals surface area contributed by atoms with Gasteiger partial charge in [-0.3, -0.25) is 19.7 Å². The molecular formula is C25H20N4O6. The number of para-hydroxylation sites is 1. The Morgan fingerprint density at radius 3 is 2.46 bits per heavy atom. The van der Waals surface area contributed by atoms with Crippen molar-refractivity contribution in [2.24, 2.45) is 0 Å². The van der Waals surface area contributed by atoms with E-state index in [9.17, 15) is 25.0 Å². The Balaban J connectivity index is 1.69. The van der Waals surface area contributed by atoms with Crippen LogP contribution in [0.3, 0.4) is 0 Å². The highest BCUT2D eigenvalue weighted by molar-refractivity contribution is 6.10. The van der Waals surface area contributed by atoms with Crippen molar-refractivity contribution in [1.29, 1.82) is 5.26 Å². The molecule has 176 valence electrons. The predicted octanol–water partition coefficient (Wildman–Crippen LogP) is 4.17. The van der Waals surface area contributed by atoms with Crippen LogP contribution in [0.2, 0.25) is 0 Å². The topological polar surface area (TPSA) is 144 Å². The maximum absolute atomic E-state index is 12.6. The summed E-state index contributed by atoms with van der Waals surface area (Å²) in [4.78, 5) is 35.2. The van der Waals surface area contributed by atoms with Crippen molar-refractivity contribution in [3.8, 4) is 17.6 Å². The molecule has 3 rings (SSSR count). The molecule has 0 aliphatic carbocycles. The molecule has 0 radical (unpaired) electrons. The summed E-state index contributed by atoms with van der Waals surface area (Å²) >= 11 is 0. The molecule has 10 heteroatoms. The average Bonchev–Trinajstić information content (AvgIpc) is 2.87. The maximum Gasteiger partial charge on any atom is 0.271 e.